The average molecular weight is 346 g/mol. The minimum absolute atomic E-state index is 0.878. The summed E-state index contributed by atoms with van der Waals surface area (Å²) in [5.74, 6) is 0. The van der Waals surface area contributed by atoms with Gasteiger partial charge in [0.05, 0.1) is 12.1 Å². The number of hydrogen-bond donors (Lipinski definition) is 2. The van der Waals surface area contributed by atoms with E-state index >= 15 is 0 Å². The van der Waals surface area contributed by atoms with Gasteiger partial charge in [-0.15, -0.1) is 5.10 Å². The standard InChI is InChI=1S/C20H22N6/c1-2-4-18-16(3-1)17(14-22-18)15-5-6-20-19(13-15)23-24-26(20)12-11-25-9-7-21-8-10-25/h1-6,13-14,21-22H,7-12H2. The molecule has 1 aliphatic heterocycles. The van der Waals surface area contributed by atoms with E-state index in [2.05, 4.69) is 74.2 Å². The van der Waals surface area contributed by atoms with Crippen molar-refractivity contribution in [2.75, 3.05) is 32.7 Å². The molecule has 0 saturated carbocycles. The van der Waals surface area contributed by atoms with Gasteiger partial charge in [0.15, 0.2) is 0 Å². The van der Waals surface area contributed by atoms with Crippen LogP contribution in [0.5, 0.6) is 0 Å². The van der Waals surface area contributed by atoms with Gasteiger partial charge in [0, 0.05) is 55.4 Å². The molecular formula is C20H22N6. The number of nitrogens with zero attached hydrogens (tertiary/aromatic N) is 4. The fourth-order valence-corrected chi connectivity index (χ4v) is 3.79. The molecule has 0 unspecified atom stereocenters. The van der Waals surface area contributed by atoms with Crippen LogP contribution >= 0.6 is 0 Å². The third-order valence-corrected chi connectivity index (χ3v) is 5.25. The number of aromatic nitrogens is 4. The summed E-state index contributed by atoms with van der Waals surface area (Å²) in [7, 11) is 0. The van der Waals surface area contributed by atoms with E-state index in [1.54, 1.807) is 0 Å². The molecule has 26 heavy (non-hydrogen) atoms. The quantitative estimate of drug-likeness (QED) is 0.596. The van der Waals surface area contributed by atoms with Gasteiger partial charge in [0.2, 0.25) is 0 Å². The lowest BCUT2D eigenvalue weighted by molar-refractivity contribution is 0.230. The summed E-state index contributed by atoms with van der Waals surface area (Å²) < 4.78 is 2.02. The van der Waals surface area contributed by atoms with Crippen LogP contribution in [0.15, 0.2) is 48.7 Å². The average Bonchev–Trinajstić information content (AvgIpc) is 3.31. The van der Waals surface area contributed by atoms with Crippen LogP contribution in [-0.4, -0.2) is 57.6 Å². The predicted octanol–water partition coefficient (Wildman–Crippen LogP) is 2.48. The number of piperazine rings is 1. The summed E-state index contributed by atoms with van der Waals surface area (Å²) in [5.41, 5.74) is 5.58. The number of hydrogen-bond acceptors (Lipinski definition) is 4. The maximum atomic E-state index is 4.40. The molecule has 2 aromatic carbocycles. The van der Waals surface area contributed by atoms with Gasteiger partial charge in [-0.1, -0.05) is 29.5 Å². The van der Waals surface area contributed by atoms with E-state index in [0.717, 1.165) is 55.8 Å². The predicted molar refractivity (Wildman–Crippen MR) is 104 cm³/mol. The second-order valence-corrected chi connectivity index (χ2v) is 6.86. The summed E-state index contributed by atoms with van der Waals surface area (Å²) in [6.45, 7) is 6.26. The normalized spacial score (nSPS) is 15.8. The third-order valence-electron chi connectivity index (χ3n) is 5.25. The number of H-pyrrole nitrogens is 1. The topological polar surface area (TPSA) is 61.8 Å². The highest BCUT2D eigenvalue weighted by atomic mass is 15.4. The van der Waals surface area contributed by atoms with Crippen molar-refractivity contribution in [2.24, 2.45) is 0 Å². The van der Waals surface area contributed by atoms with Gasteiger partial charge in [-0.3, -0.25) is 4.90 Å². The van der Waals surface area contributed by atoms with E-state index in [0.29, 0.717) is 0 Å². The Morgan fingerprint density at radius 3 is 2.81 bits per heavy atom. The van der Waals surface area contributed by atoms with Crippen molar-refractivity contribution in [1.29, 1.82) is 0 Å². The van der Waals surface area contributed by atoms with Crippen LogP contribution in [0.3, 0.4) is 0 Å². The largest absolute Gasteiger partial charge is 0.361 e. The Morgan fingerprint density at radius 1 is 1.00 bits per heavy atom. The molecule has 2 N–H and O–H groups in total. The van der Waals surface area contributed by atoms with Crippen molar-refractivity contribution in [3.05, 3.63) is 48.7 Å². The molecule has 1 fully saturated rings. The molecule has 0 amide bonds. The van der Waals surface area contributed by atoms with Gasteiger partial charge in [-0.05, 0) is 23.8 Å². The summed E-state index contributed by atoms with van der Waals surface area (Å²) in [5, 5.41) is 13.4. The Morgan fingerprint density at radius 2 is 1.88 bits per heavy atom. The number of para-hydroxylation sites is 1. The molecule has 0 bridgehead atoms. The van der Waals surface area contributed by atoms with Crippen LogP contribution in [0.2, 0.25) is 0 Å². The summed E-state index contributed by atoms with van der Waals surface area (Å²) in [6.07, 6.45) is 2.07. The molecule has 1 saturated heterocycles. The molecule has 4 aromatic rings. The zero-order valence-electron chi connectivity index (χ0n) is 14.7. The monoisotopic (exact) mass is 346 g/mol. The Bertz CT molecular complexity index is 1040. The molecule has 3 heterocycles. The van der Waals surface area contributed by atoms with E-state index in [1.807, 2.05) is 4.68 Å². The molecule has 0 atom stereocenters. The minimum Gasteiger partial charge on any atom is -0.361 e. The van der Waals surface area contributed by atoms with E-state index in [-0.39, 0.29) is 0 Å². The lowest BCUT2D eigenvalue weighted by atomic mass is 10.0. The van der Waals surface area contributed by atoms with Crippen molar-refractivity contribution >= 4 is 21.9 Å². The summed E-state index contributed by atoms with van der Waals surface area (Å²) >= 11 is 0. The fourth-order valence-electron chi connectivity index (χ4n) is 3.79. The molecule has 6 nitrogen and oxygen atoms in total. The summed E-state index contributed by atoms with van der Waals surface area (Å²) in [4.78, 5) is 5.82. The van der Waals surface area contributed by atoms with Crippen molar-refractivity contribution in [2.45, 2.75) is 6.54 Å². The second-order valence-electron chi connectivity index (χ2n) is 6.86. The zero-order valence-corrected chi connectivity index (χ0v) is 14.7. The lowest BCUT2D eigenvalue weighted by Crippen LogP contribution is -2.44. The summed E-state index contributed by atoms with van der Waals surface area (Å²) in [6, 6.07) is 14.8. The van der Waals surface area contributed by atoms with Crippen LogP contribution in [-0.2, 0) is 6.54 Å². The molecule has 5 rings (SSSR count). The fraction of sp³-hybridized carbons (Fsp3) is 0.300. The first kappa shape index (κ1) is 15.5. The van der Waals surface area contributed by atoms with Crippen LogP contribution in [0.1, 0.15) is 0 Å². The first-order chi connectivity index (χ1) is 12.9. The molecular weight excluding hydrogens is 324 g/mol. The van der Waals surface area contributed by atoms with Crippen LogP contribution in [0.4, 0.5) is 0 Å². The van der Waals surface area contributed by atoms with Crippen molar-refractivity contribution in [1.82, 2.24) is 30.2 Å². The highest BCUT2D eigenvalue weighted by molar-refractivity contribution is 5.97. The minimum atomic E-state index is 0.878. The Labute approximate surface area is 151 Å². The molecule has 0 spiro atoms. The van der Waals surface area contributed by atoms with Gasteiger partial charge >= 0.3 is 0 Å². The first-order valence-corrected chi connectivity index (χ1v) is 9.21. The second kappa shape index (κ2) is 6.55. The number of nitrogens with one attached hydrogen (secondary N) is 2. The number of rotatable bonds is 4. The lowest BCUT2D eigenvalue weighted by Gasteiger charge is -2.26. The van der Waals surface area contributed by atoms with Gasteiger partial charge in [-0.25, -0.2) is 4.68 Å². The third kappa shape index (κ3) is 2.77. The van der Waals surface area contributed by atoms with Gasteiger partial charge in [-0.2, -0.15) is 0 Å². The Hall–Kier alpha value is -2.70. The van der Waals surface area contributed by atoms with Crippen molar-refractivity contribution in [3.8, 4) is 11.1 Å². The van der Waals surface area contributed by atoms with Gasteiger partial charge in [0.1, 0.15) is 5.52 Å². The zero-order chi connectivity index (χ0) is 17.3. The van der Waals surface area contributed by atoms with E-state index in [4.69, 9.17) is 0 Å². The molecule has 132 valence electrons. The van der Waals surface area contributed by atoms with Crippen LogP contribution < -0.4 is 5.32 Å². The SMILES string of the molecule is c1ccc2c(-c3ccc4c(c3)nnn4CCN3CCNCC3)c[nH]c2c1. The maximum Gasteiger partial charge on any atom is 0.113 e. The first-order valence-electron chi connectivity index (χ1n) is 9.21. The molecule has 2 aromatic heterocycles. The molecule has 0 radical (unpaired) electrons. The molecule has 6 heteroatoms. The maximum absolute atomic E-state index is 4.40. The number of benzene rings is 2. The van der Waals surface area contributed by atoms with E-state index in [9.17, 15) is 0 Å². The highest BCUT2D eigenvalue weighted by Gasteiger charge is 2.12. The van der Waals surface area contributed by atoms with Crippen molar-refractivity contribution < 1.29 is 0 Å². The van der Waals surface area contributed by atoms with Gasteiger partial charge < -0.3 is 10.3 Å². The van der Waals surface area contributed by atoms with Gasteiger partial charge in [0.25, 0.3) is 0 Å². The van der Waals surface area contributed by atoms with E-state index in [1.165, 1.54) is 16.5 Å². The Kier molecular flexibility index (Phi) is 3.92. The molecule has 0 aliphatic carbocycles. The van der Waals surface area contributed by atoms with Crippen LogP contribution in [0.25, 0.3) is 33.1 Å². The van der Waals surface area contributed by atoms with Crippen LogP contribution in [0, 0.1) is 0 Å². The van der Waals surface area contributed by atoms with Crippen molar-refractivity contribution in [3.63, 3.8) is 0 Å². The van der Waals surface area contributed by atoms with E-state index < -0.39 is 0 Å². The highest BCUT2D eigenvalue weighted by Crippen LogP contribution is 2.30. The number of fused-ring (bicyclic) bond motifs is 2. The Balaban J connectivity index is 1.42. The smallest absolute Gasteiger partial charge is 0.113 e. The number of aromatic amines is 1. The molecule has 1 aliphatic rings.